The van der Waals surface area contributed by atoms with E-state index in [1.807, 2.05) is 13.8 Å². The number of aryl methyl sites for hydroxylation is 2. The highest BCUT2D eigenvalue weighted by molar-refractivity contribution is 9.09. The van der Waals surface area contributed by atoms with Crippen LogP contribution in [0.4, 0.5) is 0 Å². The van der Waals surface area contributed by atoms with Gasteiger partial charge in [0.15, 0.2) is 5.03 Å². The summed E-state index contributed by atoms with van der Waals surface area (Å²) in [5.74, 6) is 0.888. The number of aromatic nitrogens is 2. The first-order valence-corrected chi connectivity index (χ1v) is 7.96. The van der Waals surface area contributed by atoms with Crippen molar-refractivity contribution in [3.8, 4) is 0 Å². The first kappa shape index (κ1) is 14.7. The normalized spacial score (nSPS) is 14.2. The van der Waals surface area contributed by atoms with Crippen molar-refractivity contribution < 1.29 is 8.42 Å². The van der Waals surface area contributed by atoms with Crippen molar-refractivity contribution in [1.29, 1.82) is 0 Å². The fourth-order valence-corrected chi connectivity index (χ4v) is 3.81. The Hall–Kier alpha value is -0.400. The third kappa shape index (κ3) is 3.53. The lowest BCUT2D eigenvalue weighted by atomic mass is 10.1. The van der Waals surface area contributed by atoms with Crippen LogP contribution in [0.1, 0.15) is 19.7 Å². The summed E-state index contributed by atoms with van der Waals surface area (Å²) in [6, 6.07) is -0.137. The van der Waals surface area contributed by atoms with Crippen LogP contribution < -0.4 is 4.72 Å². The molecule has 1 rings (SSSR count). The van der Waals surface area contributed by atoms with Crippen molar-refractivity contribution >= 4 is 26.0 Å². The molecule has 0 radical (unpaired) electrons. The summed E-state index contributed by atoms with van der Waals surface area (Å²) in [5, 5.41) is 0.652. The van der Waals surface area contributed by atoms with Gasteiger partial charge in [0.2, 0.25) is 0 Å². The number of alkyl halides is 1. The van der Waals surface area contributed by atoms with Gasteiger partial charge in [-0.25, -0.2) is 18.1 Å². The molecule has 1 unspecified atom stereocenters. The van der Waals surface area contributed by atoms with E-state index in [1.165, 1.54) is 6.20 Å². The molecular formula is C10H18BrN3O2S. The second kappa shape index (κ2) is 5.49. The number of hydrogen-bond donors (Lipinski definition) is 1. The molecular weight excluding hydrogens is 306 g/mol. The molecule has 0 aliphatic rings. The average Bonchev–Trinajstić information content (AvgIpc) is 2.56. The predicted octanol–water partition coefficient (Wildman–Crippen LogP) is 1.43. The second-order valence-corrected chi connectivity index (χ2v) is 6.67. The fourth-order valence-electron chi connectivity index (χ4n) is 1.26. The number of nitrogens with one attached hydrogen (secondary N) is 1. The Morgan fingerprint density at radius 1 is 1.53 bits per heavy atom. The van der Waals surface area contributed by atoms with E-state index >= 15 is 0 Å². The maximum atomic E-state index is 12.1. The molecule has 0 spiro atoms. The highest BCUT2D eigenvalue weighted by atomic mass is 79.9. The van der Waals surface area contributed by atoms with Crippen molar-refractivity contribution in [2.24, 2.45) is 13.0 Å². The van der Waals surface area contributed by atoms with E-state index in [0.29, 0.717) is 11.2 Å². The summed E-state index contributed by atoms with van der Waals surface area (Å²) in [5.41, 5.74) is 0. The maximum absolute atomic E-state index is 12.1. The molecule has 1 aromatic rings. The summed E-state index contributed by atoms with van der Waals surface area (Å²) < 4.78 is 28.5. The van der Waals surface area contributed by atoms with Gasteiger partial charge in [-0.15, -0.1) is 0 Å². The van der Waals surface area contributed by atoms with E-state index in [1.54, 1.807) is 18.5 Å². The minimum absolute atomic E-state index is 0.0732. The smallest absolute Gasteiger partial charge is 0.259 e. The van der Waals surface area contributed by atoms with Crippen LogP contribution in [-0.4, -0.2) is 29.3 Å². The minimum Gasteiger partial charge on any atom is -0.337 e. The average molecular weight is 324 g/mol. The van der Waals surface area contributed by atoms with E-state index in [9.17, 15) is 8.42 Å². The molecule has 7 heteroatoms. The van der Waals surface area contributed by atoms with E-state index in [-0.39, 0.29) is 17.0 Å². The zero-order chi connectivity index (χ0) is 13.2. The van der Waals surface area contributed by atoms with Gasteiger partial charge in [-0.2, -0.15) is 0 Å². The number of nitrogens with zero attached hydrogens (tertiary/aromatic N) is 2. The Kier molecular flexibility index (Phi) is 4.74. The van der Waals surface area contributed by atoms with Crippen molar-refractivity contribution in [3.05, 3.63) is 12.0 Å². The van der Waals surface area contributed by atoms with Crippen LogP contribution >= 0.6 is 15.9 Å². The summed E-state index contributed by atoms with van der Waals surface area (Å²) in [6.45, 7) is 5.71. The van der Waals surface area contributed by atoms with Crippen molar-refractivity contribution in [3.63, 3.8) is 0 Å². The van der Waals surface area contributed by atoms with Crippen LogP contribution in [0.5, 0.6) is 0 Å². The van der Waals surface area contributed by atoms with E-state index < -0.39 is 10.0 Å². The largest absolute Gasteiger partial charge is 0.337 e. The first-order valence-electron chi connectivity index (χ1n) is 5.36. The van der Waals surface area contributed by atoms with Gasteiger partial charge in [0.05, 0.1) is 0 Å². The highest BCUT2D eigenvalue weighted by Gasteiger charge is 2.24. The van der Waals surface area contributed by atoms with Crippen LogP contribution in [0.2, 0.25) is 0 Å². The van der Waals surface area contributed by atoms with Crippen LogP contribution in [-0.2, 0) is 17.1 Å². The lowest BCUT2D eigenvalue weighted by Crippen LogP contribution is -2.39. The van der Waals surface area contributed by atoms with E-state index in [2.05, 4.69) is 25.6 Å². The molecule has 1 N–H and O–H groups in total. The van der Waals surface area contributed by atoms with Crippen LogP contribution in [0.25, 0.3) is 0 Å². The van der Waals surface area contributed by atoms with Crippen LogP contribution in [0.15, 0.2) is 11.2 Å². The van der Waals surface area contributed by atoms with Crippen LogP contribution in [0, 0.1) is 12.8 Å². The number of sulfonamides is 1. The van der Waals surface area contributed by atoms with Gasteiger partial charge in [0, 0.05) is 24.6 Å². The topological polar surface area (TPSA) is 64.0 Å². The molecule has 0 fully saturated rings. The molecule has 98 valence electrons. The number of hydrogen-bond acceptors (Lipinski definition) is 3. The summed E-state index contributed by atoms with van der Waals surface area (Å²) >= 11 is 3.31. The number of halogens is 1. The summed E-state index contributed by atoms with van der Waals surface area (Å²) in [7, 11) is -1.76. The third-order valence-corrected chi connectivity index (χ3v) is 4.70. The Labute approximate surface area is 111 Å². The molecule has 0 aliphatic carbocycles. The Balaban J connectivity index is 2.96. The van der Waals surface area contributed by atoms with Crippen LogP contribution in [0.3, 0.4) is 0 Å². The van der Waals surface area contributed by atoms with E-state index in [0.717, 1.165) is 0 Å². The molecule has 0 aliphatic heterocycles. The lowest BCUT2D eigenvalue weighted by molar-refractivity contribution is 0.482. The summed E-state index contributed by atoms with van der Waals surface area (Å²) in [6.07, 6.45) is 1.52. The van der Waals surface area contributed by atoms with Gasteiger partial charge in [-0.3, -0.25) is 0 Å². The zero-order valence-electron chi connectivity index (χ0n) is 10.4. The monoisotopic (exact) mass is 323 g/mol. The molecule has 1 atom stereocenters. The Morgan fingerprint density at radius 2 is 2.12 bits per heavy atom. The van der Waals surface area contributed by atoms with Crippen molar-refractivity contribution in [2.45, 2.75) is 31.8 Å². The number of imidazole rings is 1. The molecule has 1 aromatic heterocycles. The molecule has 0 amide bonds. The molecule has 0 aromatic carbocycles. The molecule has 0 saturated carbocycles. The molecule has 1 heterocycles. The predicted molar refractivity (Wildman–Crippen MR) is 70.7 cm³/mol. The van der Waals surface area contributed by atoms with Gasteiger partial charge < -0.3 is 4.57 Å². The van der Waals surface area contributed by atoms with E-state index in [4.69, 9.17) is 0 Å². The highest BCUT2D eigenvalue weighted by Crippen LogP contribution is 2.12. The lowest BCUT2D eigenvalue weighted by Gasteiger charge is -2.18. The standard InChI is InChI=1S/C10H18BrN3O2S/c1-7(2)9(5-11)13-17(15,16)10-6-14(4)8(3)12-10/h6-7,9,13H,5H2,1-4H3. The second-order valence-electron chi connectivity index (χ2n) is 4.36. The van der Waals surface area contributed by atoms with Gasteiger partial charge >= 0.3 is 0 Å². The van der Waals surface area contributed by atoms with Gasteiger partial charge in [-0.1, -0.05) is 29.8 Å². The third-order valence-electron chi connectivity index (χ3n) is 2.64. The summed E-state index contributed by atoms with van der Waals surface area (Å²) in [4.78, 5) is 4.03. The Bertz CT molecular complexity index is 462. The van der Waals surface area contributed by atoms with Crippen molar-refractivity contribution in [1.82, 2.24) is 14.3 Å². The molecule has 0 bridgehead atoms. The molecule has 17 heavy (non-hydrogen) atoms. The minimum atomic E-state index is -3.53. The molecule has 0 saturated heterocycles. The Morgan fingerprint density at radius 3 is 2.47 bits per heavy atom. The number of rotatable bonds is 5. The van der Waals surface area contributed by atoms with Crippen molar-refractivity contribution in [2.75, 3.05) is 5.33 Å². The van der Waals surface area contributed by atoms with Gasteiger partial charge in [-0.05, 0) is 12.8 Å². The maximum Gasteiger partial charge on any atom is 0.259 e. The molecule has 5 nitrogen and oxygen atoms in total. The zero-order valence-corrected chi connectivity index (χ0v) is 12.8. The SMILES string of the molecule is Cc1nc(S(=O)(=O)NC(CBr)C(C)C)cn1C. The first-order chi connectivity index (χ1) is 7.77. The van der Waals surface area contributed by atoms with Gasteiger partial charge in [0.25, 0.3) is 10.0 Å². The fraction of sp³-hybridized carbons (Fsp3) is 0.700. The quantitative estimate of drug-likeness (QED) is 0.834. The van der Waals surface area contributed by atoms with Gasteiger partial charge in [0.1, 0.15) is 5.82 Å².